The Kier molecular flexibility index (Phi) is 2.94. The van der Waals surface area contributed by atoms with Gasteiger partial charge in [0.05, 0.1) is 5.54 Å². The van der Waals surface area contributed by atoms with Crippen LogP contribution in [0.4, 0.5) is 5.69 Å². The standard InChI is InChI=1S/C14H22N2/c1-13(2)8-9-14(10-13,11-15)16-12-6-4-3-5-7-12/h3-7,16H,8-11,15H2,1-2H3. The Morgan fingerprint density at radius 2 is 1.88 bits per heavy atom. The predicted octanol–water partition coefficient (Wildman–Crippen LogP) is 3.01. The monoisotopic (exact) mass is 218 g/mol. The van der Waals surface area contributed by atoms with Crippen molar-refractivity contribution in [1.82, 2.24) is 0 Å². The molecule has 1 aliphatic rings. The Bertz CT molecular complexity index is 345. The van der Waals surface area contributed by atoms with Crippen molar-refractivity contribution in [2.75, 3.05) is 11.9 Å². The van der Waals surface area contributed by atoms with Gasteiger partial charge in [0, 0.05) is 12.2 Å². The van der Waals surface area contributed by atoms with E-state index in [0.29, 0.717) is 12.0 Å². The Morgan fingerprint density at radius 3 is 2.38 bits per heavy atom. The van der Waals surface area contributed by atoms with Gasteiger partial charge in [0.1, 0.15) is 0 Å². The van der Waals surface area contributed by atoms with Gasteiger partial charge >= 0.3 is 0 Å². The number of rotatable bonds is 3. The lowest BCUT2D eigenvalue weighted by atomic mass is 9.87. The van der Waals surface area contributed by atoms with E-state index in [4.69, 9.17) is 5.73 Å². The van der Waals surface area contributed by atoms with Crippen LogP contribution < -0.4 is 11.1 Å². The summed E-state index contributed by atoms with van der Waals surface area (Å²) < 4.78 is 0. The zero-order valence-electron chi connectivity index (χ0n) is 10.3. The molecular formula is C14H22N2. The van der Waals surface area contributed by atoms with Gasteiger partial charge in [-0.25, -0.2) is 0 Å². The second-order valence-electron chi connectivity index (χ2n) is 5.82. The van der Waals surface area contributed by atoms with Crippen LogP contribution >= 0.6 is 0 Å². The minimum Gasteiger partial charge on any atom is -0.378 e. The highest BCUT2D eigenvalue weighted by Crippen LogP contribution is 2.44. The summed E-state index contributed by atoms with van der Waals surface area (Å²) in [6.45, 7) is 5.37. The summed E-state index contributed by atoms with van der Waals surface area (Å²) >= 11 is 0. The lowest BCUT2D eigenvalue weighted by molar-refractivity contribution is 0.351. The number of nitrogens with one attached hydrogen (secondary N) is 1. The molecule has 2 heteroatoms. The summed E-state index contributed by atoms with van der Waals surface area (Å²) in [4.78, 5) is 0. The van der Waals surface area contributed by atoms with Crippen molar-refractivity contribution in [3.05, 3.63) is 30.3 Å². The number of nitrogens with two attached hydrogens (primary N) is 1. The van der Waals surface area contributed by atoms with Gasteiger partial charge in [0.25, 0.3) is 0 Å². The van der Waals surface area contributed by atoms with E-state index < -0.39 is 0 Å². The molecule has 88 valence electrons. The summed E-state index contributed by atoms with van der Waals surface area (Å²) in [5.41, 5.74) is 7.68. The molecule has 0 spiro atoms. The first-order valence-corrected chi connectivity index (χ1v) is 6.09. The Morgan fingerprint density at radius 1 is 1.19 bits per heavy atom. The first-order valence-electron chi connectivity index (χ1n) is 6.09. The van der Waals surface area contributed by atoms with Crippen molar-refractivity contribution in [2.24, 2.45) is 11.1 Å². The topological polar surface area (TPSA) is 38.0 Å². The van der Waals surface area contributed by atoms with Gasteiger partial charge < -0.3 is 11.1 Å². The van der Waals surface area contributed by atoms with Crippen LogP contribution in [0.5, 0.6) is 0 Å². The van der Waals surface area contributed by atoms with E-state index in [-0.39, 0.29) is 5.54 Å². The van der Waals surface area contributed by atoms with Gasteiger partial charge in [-0.1, -0.05) is 32.0 Å². The lowest BCUT2D eigenvalue weighted by Gasteiger charge is -2.32. The lowest BCUT2D eigenvalue weighted by Crippen LogP contribution is -2.43. The molecule has 3 N–H and O–H groups in total. The third-order valence-corrected chi connectivity index (χ3v) is 3.67. The van der Waals surface area contributed by atoms with Gasteiger partial charge in [0.2, 0.25) is 0 Å². The van der Waals surface area contributed by atoms with Gasteiger partial charge in [0.15, 0.2) is 0 Å². The first kappa shape index (κ1) is 11.5. The van der Waals surface area contributed by atoms with Crippen LogP contribution in [0.2, 0.25) is 0 Å². The molecule has 0 aliphatic heterocycles. The SMILES string of the molecule is CC1(C)CCC(CN)(Nc2ccccc2)C1. The number of para-hydroxylation sites is 1. The van der Waals surface area contributed by atoms with Crippen molar-refractivity contribution in [3.8, 4) is 0 Å². The second-order valence-corrected chi connectivity index (χ2v) is 5.82. The molecule has 16 heavy (non-hydrogen) atoms. The molecule has 1 unspecified atom stereocenters. The molecule has 0 aromatic heterocycles. The van der Waals surface area contributed by atoms with E-state index in [9.17, 15) is 0 Å². The predicted molar refractivity (Wildman–Crippen MR) is 69.5 cm³/mol. The highest BCUT2D eigenvalue weighted by Gasteiger charge is 2.42. The fraction of sp³-hybridized carbons (Fsp3) is 0.571. The van der Waals surface area contributed by atoms with E-state index in [2.05, 4.69) is 43.4 Å². The highest BCUT2D eigenvalue weighted by atomic mass is 15.0. The molecule has 0 bridgehead atoms. The van der Waals surface area contributed by atoms with Crippen LogP contribution in [0.25, 0.3) is 0 Å². The maximum absolute atomic E-state index is 5.98. The van der Waals surface area contributed by atoms with E-state index in [1.54, 1.807) is 0 Å². The molecule has 1 aromatic rings. The molecule has 1 saturated carbocycles. The third-order valence-electron chi connectivity index (χ3n) is 3.67. The minimum absolute atomic E-state index is 0.102. The number of anilines is 1. The fourth-order valence-corrected chi connectivity index (χ4v) is 2.83. The summed E-state index contributed by atoms with van der Waals surface area (Å²) in [6, 6.07) is 10.4. The average molecular weight is 218 g/mol. The van der Waals surface area contributed by atoms with Crippen molar-refractivity contribution in [1.29, 1.82) is 0 Å². The van der Waals surface area contributed by atoms with Crippen LogP contribution in [-0.4, -0.2) is 12.1 Å². The number of hydrogen-bond acceptors (Lipinski definition) is 2. The molecule has 1 atom stereocenters. The van der Waals surface area contributed by atoms with Gasteiger partial charge in [-0.05, 0) is 36.8 Å². The van der Waals surface area contributed by atoms with Gasteiger partial charge in [-0.2, -0.15) is 0 Å². The average Bonchev–Trinajstić information content (AvgIpc) is 2.57. The minimum atomic E-state index is 0.102. The van der Waals surface area contributed by atoms with Gasteiger partial charge in [-0.15, -0.1) is 0 Å². The smallest absolute Gasteiger partial charge is 0.0501 e. The van der Waals surface area contributed by atoms with E-state index in [1.165, 1.54) is 18.5 Å². The first-order chi connectivity index (χ1) is 7.55. The molecule has 1 aliphatic carbocycles. The molecule has 1 fully saturated rings. The maximum atomic E-state index is 5.98. The molecular weight excluding hydrogens is 196 g/mol. The number of hydrogen-bond donors (Lipinski definition) is 2. The van der Waals surface area contributed by atoms with E-state index in [0.717, 1.165) is 6.42 Å². The molecule has 0 amide bonds. The zero-order valence-corrected chi connectivity index (χ0v) is 10.3. The van der Waals surface area contributed by atoms with Crippen LogP contribution in [0.15, 0.2) is 30.3 Å². The molecule has 0 heterocycles. The normalized spacial score (nSPS) is 27.9. The quantitative estimate of drug-likeness (QED) is 0.818. The fourth-order valence-electron chi connectivity index (χ4n) is 2.83. The van der Waals surface area contributed by atoms with Crippen molar-refractivity contribution in [3.63, 3.8) is 0 Å². The maximum Gasteiger partial charge on any atom is 0.0501 e. The Balaban J connectivity index is 2.13. The zero-order chi connectivity index (χ0) is 11.6. The third kappa shape index (κ3) is 2.38. The summed E-state index contributed by atoms with van der Waals surface area (Å²) in [7, 11) is 0. The van der Waals surface area contributed by atoms with Crippen molar-refractivity contribution < 1.29 is 0 Å². The number of benzene rings is 1. The molecule has 2 rings (SSSR count). The van der Waals surface area contributed by atoms with Crippen molar-refractivity contribution in [2.45, 2.75) is 38.6 Å². The van der Waals surface area contributed by atoms with E-state index in [1.807, 2.05) is 6.07 Å². The molecule has 0 radical (unpaired) electrons. The van der Waals surface area contributed by atoms with Crippen LogP contribution in [-0.2, 0) is 0 Å². The van der Waals surface area contributed by atoms with Crippen LogP contribution in [0.3, 0.4) is 0 Å². The van der Waals surface area contributed by atoms with Crippen molar-refractivity contribution >= 4 is 5.69 Å². The summed E-state index contributed by atoms with van der Waals surface area (Å²) in [6.07, 6.45) is 3.58. The Labute approximate surface area is 98.2 Å². The van der Waals surface area contributed by atoms with E-state index >= 15 is 0 Å². The second kappa shape index (κ2) is 4.10. The summed E-state index contributed by atoms with van der Waals surface area (Å²) in [5, 5.41) is 3.63. The molecule has 2 nitrogen and oxygen atoms in total. The van der Waals surface area contributed by atoms with Crippen LogP contribution in [0, 0.1) is 5.41 Å². The Hall–Kier alpha value is -1.02. The largest absolute Gasteiger partial charge is 0.378 e. The highest BCUT2D eigenvalue weighted by molar-refractivity contribution is 5.45. The summed E-state index contributed by atoms with van der Waals surface area (Å²) in [5.74, 6) is 0. The van der Waals surface area contributed by atoms with Crippen LogP contribution in [0.1, 0.15) is 33.1 Å². The van der Waals surface area contributed by atoms with Gasteiger partial charge in [-0.3, -0.25) is 0 Å². The molecule has 0 saturated heterocycles. The molecule has 1 aromatic carbocycles.